The summed E-state index contributed by atoms with van der Waals surface area (Å²) < 4.78 is 0. The number of fused-ring (bicyclic) bond motifs is 1. The molecule has 1 aromatic carbocycles. The van der Waals surface area contributed by atoms with E-state index in [0.717, 1.165) is 6.29 Å². The molecule has 70 valence electrons. The average Bonchev–Trinajstić information content (AvgIpc) is 2.19. The quantitative estimate of drug-likeness (QED) is 0.703. The largest absolute Gasteiger partial charge is 0.298 e. The van der Waals surface area contributed by atoms with Crippen LogP contribution in [0.3, 0.4) is 0 Å². The predicted octanol–water partition coefficient (Wildman–Crippen LogP) is 2.75. The van der Waals surface area contributed by atoms with Gasteiger partial charge in [-0.15, -0.1) is 0 Å². The number of nitrogens with zero attached hydrogens (tertiary/aromatic N) is 2. The minimum atomic E-state index is 0.141. The Hall–Kier alpha value is -1.19. The Morgan fingerprint density at radius 3 is 2.36 bits per heavy atom. The van der Waals surface area contributed by atoms with Crippen LogP contribution in [0.5, 0.6) is 0 Å². The maximum Gasteiger partial charge on any atom is 0.167 e. The van der Waals surface area contributed by atoms with Gasteiger partial charge in [-0.3, -0.25) is 4.79 Å². The zero-order chi connectivity index (χ0) is 10.1. The first-order valence-corrected chi connectivity index (χ1v) is 4.54. The highest BCUT2D eigenvalue weighted by molar-refractivity contribution is 6.40. The maximum atomic E-state index is 10.5. The third-order valence-corrected chi connectivity index (χ3v) is 2.37. The lowest BCUT2D eigenvalue weighted by Crippen LogP contribution is -1.88. The number of halogens is 2. The summed E-state index contributed by atoms with van der Waals surface area (Å²) in [4.78, 5) is 18.5. The molecule has 0 atom stereocenters. The van der Waals surface area contributed by atoms with Crippen LogP contribution in [-0.4, -0.2) is 16.3 Å². The molecule has 0 fully saturated rings. The van der Waals surface area contributed by atoms with Gasteiger partial charge in [-0.2, -0.15) is 0 Å². The van der Waals surface area contributed by atoms with Gasteiger partial charge in [0.1, 0.15) is 6.29 Å². The zero-order valence-corrected chi connectivity index (χ0v) is 8.38. The monoisotopic (exact) mass is 226 g/mol. The molecule has 0 aliphatic rings. The van der Waals surface area contributed by atoms with Crippen molar-refractivity contribution < 1.29 is 4.79 Å². The Balaban J connectivity index is 2.76. The van der Waals surface area contributed by atoms with Gasteiger partial charge in [0.15, 0.2) is 10.3 Å². The summed E-state index contributed by atoms with van der Waals surface area (Å²) in [5, 5.41) is 0.306. The number of rotatable bonds is 1. The summed E-state index contributed by atoms with van der Waals surface area (Å²) in [6, 6.07) is 4.93. The van der Waals surface area contributed by atoms with Gasteiger partial charge in [0.25, 0.3) is 0 Å². The molecule has 0 aliphatic heterocycles. The average molecular weight is 227 g/mol. The fraction of sp³-hybridized carbons (Fsp3) is 0. The summed E-state index contributed by atoms with van der Waals surface area (Å²) >= 11 is 11.4. The van der Waals surface area contributed by atoms with Crippen LogP contribution in [-0.2, 0) is 0 Å². The molecule has 0 saturated heterocycles. The standard InChI is InChI=1S/C9H4Cl2N2O/c10-8-9(11)13-7-3-5(4-14)1-2-6(7)12-8/h1-4H. The van der Waals surface area contributed by atoms with E-state index in [9.17, 15) is 4.79 Å². The third-order valence-electron chi connectivity index (χ3n) is 1.74. The van der Waals surface area contributed by atoms with Crippen molar-refractivity contribution in [3.63, 3.8) is 0 Å². The van der Waals surface area contributed by atoms with Gasteiger partial charge in [0.2, 0.25) is 0 Å². The molecular weight excluding hydrogens is 223 g/mol. The molecule has 1 heterocycles. The Labute approximate surface area is 89.7 Å². The lowest BCUT2D eigenvalue weighted by Gasteiger charge is -1.99. The first-order chi connectivity index (χ1) is 6.70. The summed E-state index contributed by atoms with van der Waals surface area (Å²) in [5.41, 5.74) is 1.71. The van der Waals surface area contributed by atoms with E-state index in [1.165, 1.54) is 0 Å². The van der Waals surface area contributed by atoms with Crippen molar-refractivity contribution in [2.45, 2.75) is 0 Å². The van der Waals surface area contributed by atoms with Crippen LogP contribution >= 0.6 is 23.2 Å². The molecule has 0 aliphatic carbocycles. The molecule has 3 nitrogen and oxygen atoms in total. The van der Waals surface area contributed by atoms with E-state index >= 15 is 0 Å². The molecule has 0 bridgehead atoms. The van der Waals surface area contributed by atoms with Crippen molar-refractivity contribution in [3.8, 4) is 0 Å². The molecule has 0 radical (unpaired) electrons. The van der Waals surface area contributed by atoms with Crippen LogP contribution in [0.1, 0.15) is 10.4 Å². The summed E-state index contributed by atoms with van der Waals surface area (Å²) in [6.07, 6.45) is 0.740. The smallest absolute Gasteiger partial charge is 0.167 e. The fourth-order valence-electron chi connectivity index (χ4n) is 1.10. The number of hydrogen-bond donors (Lipinski definition) is 0. The maximum absolute atomic E-state index is 10.5. The van der Waals surface area contributed by atoms with Crippen molar-refractivity contribution in [2.24, 2.45) is 0 Å². The Bertz CT molecular complexity index is 513. The molecule has 14 heavy (non-hydrogen) atoms. The van der Waals surface area contributed by atoms with E-state index in [4.69, 9.17) is 23.2 Å². The molecule has 0 spiro atoms. The third kappa shape index (κ3) is 1.56. The van der Waals surface area contributed by atoms with Gasteiger partial charge < -0.3 is 0 Å². The lowest BCUT2D eigenvalue weighted by atomic mass is 10.2. The Morgan fingerprint density at radius 1 is 1.07 bits per heavy atom. The first kappa shape index (κ1) is 9.37. The Kier molecular flexibility index (Phi) is 2.35. The molecule has 2 aromatic rings. The number of aromatic nitrogens is 2. The zero-order valence-electron chi connectivity index (χ0n) is 6.87. The minimum absolute atomic E-state index is 0.141. The number of benzene rings is 1. The normalized spacial score (nSPS) is 10.4. The van der Waals surface area contributed by atoms with Crippen molar-refractivity contribution in [2.75, 3.05) is 0 Å². The van der Waals surface area contributed by atoms with Gasteiger partial charge in [-0.1, -0.05) is 23.2 Å². The molecule has 2 rings (SSSR count). The second-order valence-electron chi connectivity index (χ2n) is 2.67. The van der Waals surface area contributed by atoms with Crippen molar-refractivity contribution in [1.29, 1.82) is 0 Å². The van der Waals surface area contributed by atoms with Gasteiger partial charge in [-0.25, -0.2) is 9.97 Å². The van der Waals surface area contributed by atoms with Crippen molar-refractivity contribution in [3.05, 3.63) is 34.1 Å². The molecular formula is C9H4Cl2N2O. The van der Waals surface area contributed by atoms with Crippen LogP contribution in [0.15, 0.2) is 18.2 Å². The highest BCUT2D eigenvalue weighted by Crippen LogP contribution is 2.21. The van der Waals surface area contributed by atoms with E-state index in [0.29, 0.717) is 16.6 Å². The second-order valence-corrected chi connectivity index (χ2v) is 3.39. The highest BCUT2D eigenvalue weighted by Gasteiger charge is 2.04. The van der Waals surface area contributed by atoms with Crippen LogP contribution in [0, 0.1) is 0 Å². The predicted molar refractivity (Wildman–Crippen MR) is 54.9 cm³/mol. The molecule has 5 heteroatoms. The van der Waals surface area contributed by atoms with Gasteiger partial charge >= 0.3 is 0 Å². The first-order valence-electron chi connectivity index (χ1n) is 3.78. The molecule has 0 saturated carbocycles. The van der Waals surface area contributed by atoms with E-state index in [1.807, 2.05) is 0 Å². The Morgan fingerprint density at radius 2 is 1.71 bits per heavy atom. The van der Waals surface area contributed by atoms with Gasteiger partial charge in [-0.05, 0) is 18.2 Å². The van der Waals surface area contributed by atoms with Crippen molar-refractivity contribution in [1.82, 2.24) is 9.97 Å². The van der Waals surface area contributed by atoms with Crippen LogP contribution in [0.25, 0.3) is 11.0 Å². The molecule has 1 aromatic heterocycles. The number of carbonyl (C=O) groups is 1. The topological polar surface area (TPSA) is 42.9 Å². The van der Waals surface area contributed by atoms with E-state index in [-0.39, 0.29) is 10.3 Å². The van der Waals surface area contributed by atoms with Crippen LogP contribution in [0.2, 0.25) is 10.3 Å². The molecule has 0 unspecified atom stereocenters. The van der Waals surface area contributed by atoms with E-state index in [1.54, 1.807) is 18.2 Å². The van der Waals surface area contributed by atoms with Crippen LogP contribution < -0.4 is 0 Å². The van der Waals surface area contributed by atoms with E-state index in [2.05, 4.69) is 9.97 Å². The van der Waals surface area contributed by atoms with Crippen LogP contribution in [0.4, 0.5) is 0 Å². The molecule has 0 N–H and O–H groups in total. The number of aldehydes is 1. The number of hydrogen-bond acceptors (Lipinski definition) is 3. The summed E-state index contributed by atoms with van der Waals surface area (Å²) in [7, 11) is 0. The second kappa shape index (κ2) is 3.52. The van der Waals surface area contributed by atoms with Gasteiger partial charge in [0, 0.05) is 5.56 Å². The minimum Gasteiger partial charge on any atom is -0.298 e. The number of carbonyl (C=O) groups excluding carboxylic acids is 1. The highest BCUT2D eigenvalue weighted by atomic mass is 35.5. The summed E-state index contributed by atoms with van der Waals surface area (Å²) in [5.74, 6) is 0. The fourth-order valence-corrected chi connectivity index (χ4v) is 1.37. The van der Waals surface area contributed by atoms with Gasteiger partial charge in [0.05, 0.1) is 11.0 Å². The summed E-state index contributed by atoms with van der Waals surface area (Å²) in [6.45, 7) is 0. The lowest BCUT2D eigenvalue weighted by molar-refractivity contribution is 0.112. The SMILES string of the molecule is O=Cc1ccc2nc(Cl)c(Cl)nc2c1. The van der Waals surface area contributed by atoms with E-state index < -0.39 is 0 Å². The molecule has 0 amide bonds. The van der Waals surface area contributed by atoms with Crippen molar-refractivity contribution >= 4 is 40.5 Å².